The molecule has 0 radical (unpaired) electrons. The van der Waals surface area contributed by atoms with E-state index < -0.39 is 6.17 Å². The van der Waals surface area contributed by atoms with E-state index in [9.17, 15) is 4.39 Å². The van der Waals surface area contributed by atoms with Crippen LogP contribution >= 0.6 is 15.9 Å². The molecule has 1 aromatic heterocycles. The minimum absolute atomic E-state index is 0.441. The van der Waals surface area contributed by atoms with Gasteiger partial charge in [-0.15, -0.1) is 0 Å². The predicted molar refractivity (Wildman–Crippen MR) is 51.5 cm³/mol. The normalized spacial score (nSPS) is 22.3. The lowest BCUT2D eigenvalue weighted by Crippen LogP contribution is -2.21. The van der Waals surface area contributed by atoms with Crippen molar-refractivity contribution >= 4 is 21.7 Å². The van der Waals surface area contributed by atoms with Crippen molar-refractivity contribution in [2.45, 2.75) is 12.6 Å². The van der Waals surface area contributed by atoms with Crippen molar-refractivity contribution in [2.75, 3.05) is 18.0 Å². The van der Waals surface area contributed by atoms with Crippen molar-refractivity contribution in [3.8, 4) is 0 Å². The van der Waals surface area contributed by atoms with Crippen LogP contribution in [0.25, 0.3) is 0 Å². The van der Waals surface area contributed by atoms with Gasteiger partial charge in [0.15, 0.2) is 0 Å². The Labute approximate surface area is 84.1 Å². The molecule has 0 bridgehead atoms. The first-order chi connectivity index (χ1) is 6.25. The summed E-state index contributed by atoms with van der Waals surface area (Å²) in [6, 6.07) is 0. The quantitative estimate of drug-likeness (QED) is 0.756. The minimum atomic E-state index is -0.717. The Bertz CT molecular complexity index is 290. The lowest BCUT2D eigenvalue weighted by Gasteiger charge is -2.14. The van der Waals surface area contributed by atoms with E-state index in [1.807, 2.05) is 4.90 Å². The summed E-state index contributed by atoms with van der Waals surface area (Å²) in [5.41, 5.74) is 0. The predicted octanol–water partition coefficient (Wildman–Crippen LogP) is 1.79. The maximum Gasteiger partial charge on any atom is 0.147 e. The van der Waals surface area contributed by atoms with Crippen molar-refractivity contribution < 1.29 is 4.39 Å². The summed E-state index contributed by atoms with van der Waals surface area (Å²) in [5, 5.41) is 0. The first-order valence-electron chi connectivity index (χ1n) is 4.12. The molecule has 3 nitrogen and oxygen atoms in total. The summed E-state index contributed by atoms with van der Waals surface area (Å²) >= 11 is 3.20. The average molecular weight is 246 g/mol. The Kier molecular flexibility index (Phi) is 2.44. The summed E-state index contributed by atoms with van der Waals surface area (Å²) in [5.74, 6) is 0.753. The van der Waals surface area contributed by atoms with Gasteiger partial charge in [-0.25, -0.2) is 14.4 Å². The fourth-order valence-electron chi connectivity index (χ4n) is 1.39. The first kappa shape index (κ1) is 8.87. The number of anilines is 1. The Morgan fingerprint density at radius 3 is 2.85 bits per heavy atom. The molecule has 1 aliphatic rings. The standard InChI is InChI=1S/C8H9BrFN3/c9-7-3-12-8(4-11-7)13-2-1-6(10)5-13/h3-4,6H,1-2,5H2/t6-/m1/s1. The number of halogens is 2. The largest absolute Gasteiger partial charge is 0.352 e. The van der Waals surface area contributed by atoms with Crippen LogP contribution in [0.1, 0.15) is 6.42 Å². The van der Waals surface area contributed by atoms with Crippen LogP contribution in [-0.4, -0.2) is 29.2 Å². The van der Waals surface area contributed by atoms with Crippen LogP contribution in [-0.2, 0) is 0 Å². The van der Waals surface area contributed by atoms with Crippen LogP contribution < -0.4 is 4.90 Å². The Hall–Kier alpha value is -0.710. The van der Waals surface area contributed by atoms with Gasteiger partial charge in [0.2, 0.25) is 0 Å². The number of hydrogen-bond donors (Lipinski definition) is 0. The summed E-state index contributed by atoms with van der Waals surface area (Å²) < 4.78 is 13.5. The zero-order valence-corrected chi connectivity index (χ0v) is 8.54. The van der Waals surface area contributed by atoms with Crippen LogP contribution in [0.2, 0.25) is 0 Å². The number of alkyl halides is 1. The second-order valence-electron chi connectivity index (χ2n) is 3.03. The molecule has 2 heterocycles. The Balaban J connectivity index is 2.13. The van der Waals surface area contributed by atoms with E-state index in [0.717, 1.165) is 12.4 Å². The van der Waals surface area contributed by atoms with Gasteiger partial charge in [-0.1, -0.05) is 0 Å². The SMILES string of the molecule is F[C@@H]1CCN(c2cnc(Br)cn2)C1. The number of nitrogens with zero attached hydrogens (tertiary/aromatic N) is 3. The number of aromatic nitrogens is 2. The molecule has 5 heteroatoms. The van der Waals surface area contributed by atoms with Gasteiger partial charge in [0, 0.05) is 6.54 Å². The van der Waals surface area contributed by atoms with Crippen molar-refractivity contribution in [2.24, 2.45) is 0 Å². The van der Waals surface area contributed by atoms with Crippen LogP contribution in [0.4, 0.5) is 10.2 Å². The van der Waals surface area contributed by atoms with Gasteiger partial charge in [0.05, 0.1) is 18.9 Å². The second-order valence-corrected chi connectivity index (χ2v) is 3.84. The molecule has 13 heavy (non-hydrogen) atoms. The maximum absolute atomic E-state index is 12.8. The Morgan fingerprint density at radius 2 is 2.31 bits per heavy atom. The smallest absolute Gasteiger partial charge is 0.147 e. The summed E-state index contributed by atoms with van der Waals surface area (Å²) in [4.78, 5) is 10.1. The Morgan fingerprint density at radius 1 is 1.46 bits per heavy atom. The molecule has 0 saturated carbocycles. The molecular formula is C8H9BrFN3. The highest BCUT2D eigenvalue weighted by Crippen LogP contribution is 2.19. The topological polar surface area (TPSA) is 29.0 Å². The van der Waals surface area contributed by atoms with Crippen LogP contribution in [0.3, 0.4) is 0 Å². The van der Waals surface area contributed by atoms with Gasteiger partial charge < -0.3 is 4.90 Å². The highest BCUT2D eigenvalue weighted by atomic mass is 79.9. The monoisotopic (exact) mass is 245 g/mol. The van der Waals surface area contributed by atoms with Gasteiger partial charge in [0.25, 0.3) is 0 Å². The lowest BCUT2D eigenvalue weighted by atomic mass is 10.3. The minimum Gasteiger partial charge on any atom is -0.352 e. The fraction of sp³-hybridized carbons (Fsp3) is 0.500. The summed E-state index contributed by atoms with van der Waals surface area (Å²) in [6.07, 6.45) is 3.16. The molecule has 0 amide bonds. The molecule has 0 spiro atoms. The molecule has 1 aromatic rings. The molecule has 1 atom stereocenters. The fourth-order valence-corrected chi connectivity index (χ4v) is 1.60. The van der Waals surface area contributed by atoms with Crippen molar-refractivity contribution in [1.29, 1.82) is 0 Å². The van der Waals surface area contributed by atoms with E-state index in [0.29, 0.717) is 17.6 Å². The maximum atomic E-state index is 12.8. The highest BCUT2D eigenvalue weighted by molar-refractivity contribution is 9.10. The van der Waals surface area contributed by atoms with E-state index >= 15 is 0 Å². The van der Waals surface area contributed by atoms with E-state index in [2.05, 4.69) is 25.9 Å². The van der Waals surface area contributed by atoms with E-state index in [1.165, 1.54) is 0 Å². The molecule has 1 saturated heterocycles. The molecule has 1 aliphatic heterocycles. The molecule has 2 rings (SSSR count). The molecular weight excluding hydrogens is 237 g/mol. The van der Waals surface area contributed by atoms with Crippen LogP contribution in [0.15, 0.2) is 17.0 Å². The third kappa shape index (κ3) is 1.96. The molecule has 0 N–H and O–H groups in total. The zero-order valence-electron chi connectivity index (χ0n) is 6.95. The number of rotatable bonds is 1. The van der Waals surface area contributed by atoms with Gasteiger partial charge >= 0.3 is 0 Å². The lowest BCUT2D eigenvalue weighted by molar-refractivity contribution is 0.364. The number of hydrogen-bond acceptors (Lipinski definition) is 3. The summed E-state index contributed by atoms with van der Waals surface area (Å²) in [6.45, 7) is 1.17. The summed E-state index contributed by atoms with van der Waals surface area (Å²) in [7, 11) is 0. The van der Waals surface area contributed by atoms with E-state index in [-0.39, 0.29) is 0 Å². The zero-order chi connectivity index (χ0) is 9.26. The molecule has 0 unspecified atom stereocenters. The molecule has 0 aliphatic carbocycles. The average Bonchev–Trinajstić information content (AvgIpc) is 2.53. The van der Waals surface area contributed by atoms with Gasteiger partial charge in [-0.3, -0.25) is 0 Å². The molecule has 70 valence electrons. The van der Waals surface area contributed by atoms with Gasteiger partial charge in [0.1, 0.15) is 16.6 Å². The first-order valence-corrected chi connectivity index (χ1v) is 4.91. The van der Waals surface area contributed by atoms with Crippen LogP contribution in [0, 0.1) is 0 Å². The van der Waals surface area contributed by atoms with E-state index in [4.69, 9.17) is 0 Å². The van der Waals surface area contributed by atoms with Crippen molar-refractivity contribution in [3.63, 3.8) is 0 Å². The van der Waals surface area contributed by atoms with Crippen molar-refractivity contribution in [1.82, 2.24) is 9.97 Å². The molecule has 0 aromatic carbocycles. The van der Waals surface area contributed by atoms with Crippen molar-refractivity contribution in [3.05, 3.63) is 17.0 Å². The third-order valence-corrected chi connectivity index (χ3v) is 2.47. The van der Waals surface area contributed by atoms with Gasteiger partial charge in [-0.2, -0.15) is 0 Å². The molecule has 1 fully saturated rings. The third-order valence-electron chi connectivity index (χ3n) is 2.06. The van der Waals surface area contributed by atoms with Crippen LogP contribution in [0.5, 0.6) is 0 Å². The van der Waals surface area contributed by atoms with E-state index in [1.54, 1.807) is 12.4 Å². The highest BCUT2D eigenvalue weighted by Gasteiger charge is 2.22. The van der Waals surface area contributed by atoms with Gasteiger partial charge in [-0.05, 0) is 22.4 Å². The second kappa shape index (κ2) is 3.57.